The zero-order valence-corrected chi connectivity index (χ0v) is 8.45. The van der Waals surface area contributed by atoms with Crippen LogP contribution in [-0.4, -0.2) is 22.2 Å². The lowest BCUT2D eigenvalue weighted by atomic mass is 9.93. The molecule has 1 N–H and O–H groups in total. The van der Waals surface area contributed by atoms with E-state index in [0.29, 0.717) is 6.42 Å². The van der Waals surface area contributed by atoms with Crippen molar-refractivity contribution >= 4 is 11.8 Å². The molecule has 0 saturated heterocycles. The van der Waals surface area contributed by atoms with Crippen LogP contribution >= 0.6 is 11.8 Å². The standard InChI is InChI=1S/C9H18OS/c1-5-7-9(10,6-2)8(3)11-4/h5,8,10H,1,6-7H2,2-4H3. The normalized spacial score (nSPS) is 18.9. The van der Waals surface area contributed by atoms with Gasteiger partial charge in [-0.15, -0.1) is 6.58 Å². The first-order chi connectivity index (χ1) is 5.10. The lowest BCUT2D eigenvalue weighted by molar-refractivity contribution is 0.0413. The monoisotopic (exact) mass is 174 g/mol. The van der Waals surface area contributed by atoms with Crippen LogP contribution in [0.2, 0.25) is 0 Å². The van der Waals surface area contributed by atoms with Crippen molar-refractivity contribution in [3.05, 3.63) is 12.7 Å². The molecule has 0 saturated carbocycles. The van der Waals surface area contributed by atoms with Gasteiger partial charge in [-0.25, -0.2) is 0 Å². The average Bonchev–Trinajstić information content (AvgIpc) is 2.03. The van der Waals surface area contributed by atoms with Crippen molar-refractivity contribution < 1.29 is 5.11 Å². The summed E-state index contributed by atoms with van der Waals surface area (Å²) in [6, 6.07) is 0. The number of hydrogen-bond donors (Lipinski definition) is 1. The summed E-state index contributed by atoms with van der Waals surface area (Å²) in [6.07, 6.45) is 5.29. The summed E-state index contributed by atoms with van der Waals surface area (Å²) >= 11 is 1.70. The smallest absolute Gasteiger partial charge is 0.0794 e. The first-order valence-electron chi connectivity index (χ1n) is 3.96. The largest absolute Gasteiger partial charge is 0.388 e. The van der Waals surface area contributed by atoms with Crippen LogP contribution in [0.3, 0.4) is 0 Å². The molecule has 0 amide bonds. The Kier molecular flexibility index (Phi) is 4.86. The third-order valence-electron chi connectivity index (χ3n) is 2.22. The molecule has 66 valence electrons. The summed E-state index contributed by atoms with van der Waals surface area (Å²) in [5.74, 6) is 0. The maximum atomic E-state index is 10.00. The maximum Gasteiger partial charge on any atom is 0.0794 e. The van der Waals surface area contributed by atoms with Gasteiger partial charge < -0.3 is 5.11 Å². The molecule has 1 nitrogen and oxygen atoms in total. The van der Waals surface area contributed by atoms with Gasteiger partial charge in [0.2, 0.25) is 0 Å². The van der Waals surface area contributed by atoms with Gasteiger partial charge in [0.25, 0.3) is 0 Å². The Hall–Kier alpha value is 0.0500. The average molecular weight is 174 g/mol. The Morgan fingerprint density at radius 2 is 2.27 bits per heavy atom. The molecule has 0 bridgehead atoms. The molecular formula is C9H18OS. The van der Waals surface area contributed by atoms with Gasteiger partial charge in [0.1, 0.15) is 0 Å². The Labute approximate surface area is 73.9 Å². The lowest BCUT2D eigenvalue weighted by Gasteiger charge is -2.31. The topological polar surface area (TPSA) is 20.2 Å². The van der Waals surface area contributed by atoms with Gasteiger partial charge in [0.05, 0.1) is 5.60 Å². The van der Waals surface area contributed by atoms with E-state index in [1.807, 2.05) is 13.2 Å². The summed E-state index contributed by atoms with van der Waals surface area (Å²) in [6.45, 7) is 7.70. The Bertz CT molecular complexity index is 125. The molecule has 2 atom stereocenters. The van der Waals surface area contributed by atoms with E-state index < -0.39 is 5.60 Å². The van der Waals surface area contributed by atoms with Crippen LogP contribution in [0.15, 0.2) is 12.7 Å². The summed E-state index contributed by atoms with van der Waals surface area (Å²) in [5, 5.41) is 10.3. The van der Waals surface area contributed by atoms with Crippen molar-refractivity contribution in [2.45, 2.75) is 37.5 Å². The second-order valence-electron chi connectivity index (χ2n) is 2.83. The fraction of sp³-hybridized carbons (Fsp3) is 0.778. The third-order valence-corrected chi connectivity index (χ3v) is 3.37. The van der Waals surface area contributed by atoms with E-state index in [4.69, 9.17) is 0 Å². The molecule has 0 aromatic carbocycles. The van der Waals surface area contributed by atoms with Gasteiger partial charge >= 0.3 is 0 Å². The van der Waals surface area contributed by atoms with Crippen LogP contribution in [0.4, 0.5) is 0 Å². The molecule has 2 unspecified atom stereocenters. The number of aliphatic hydroxyl groups is 1. The molecule has 0 aromatic heterocycles. The van der Waals surface area contributed by atoms with Crippen LogP contribution in [0, 0.1) is 0 Å². The van der Waals surface area contributed by atoms with Gasteiger partial charge in [-0.3, -0.25) is 0 Å². The molecule has 0 heterocycles. The first kappa shape index (κ1) is 11.1. The molecule has 0 fully saturated rings. The molecule has 0 radical (unpaired) electrons. The van der Waals surface area contributed by atoms with Crippen molar-refractivity contribution in [1.29, 1.82) is 0 Å². The van der Waals surface area contributed by atoms with E-state index in [2.05, 4.69) is 13.5 Å². The minimum Gasteiger partial charge on any atom is -0.388 e. The Balaban J connectivity index is 4.18. The third kappa shape index (κ3) is 2.88. The van der Waals surface area contributed by atoms with E-state index in [-0.39, 0.29) is 5.25 Å². The number of hydrogen-bond acceptors (Lipinski definition) is 2. The molecule has 0 spiro atoms. The van der Waals surface area contributed by atoms with Crippen molar-refractivity contribution in [3.63, 3.8) is 0 Å². The van der Waals surface area contributed by atoms with Gasteiger partial charge in [0.15, 0.2) is 0 Å². The molecule has 0 aliphatic carbocycles. The number of thioether (sulfide) groups is 1. The van der Waals surface area contributed by atoms with Crippen molar-refractivity contribution in [1.82, 2.24) is 0 Å². The van der Waals surface area contributed by atoms with Gasteiger partial charge in [-0.05, 0) is 19.1 Å². The van der Waals surface area contributed by atoms with Crippen LogP contribution in [0.5, 0.6) is 0 Å². The zero-order valence-electron chi connectivity index (χ0n) is 7.63. The SMILES string of the molecule is C=CCC(O)(CC)C(C)SC. The second kappa shape index (κ2) is 4.83. The molecule has 0 rings (SSSR count). The quantitative estimate of drug-likeness (QED) is 0.646. The number of rotatable bonds is 5. The van der Waals surface area contributed by atoms with E-state index >= 15 is 0 Å². The van der Waals surface area contributed by atoms with Gasteiger partial charge in [-0.2, -0.15) is 11.8 Å². The predicted octanol–water partition coefficient (Wildman–Crippen LogP) is 2.46. The lowest BCUT2D eigenvalue weighted by Crippen LogP contribution is -2.37. The van der Waals surface area contributed by atoms with Gasteiger partial charge in [-0.1, -0.05) is 19.9 Å². The van der Waals surface area contributed by atoms with Crippen LogP contribution in [0.1, 0.15) is 26.7 Å². The highest BCUT2D eigenvalue weighted by molar-refractivity contribution is 7.99. The molecule has 0 aliphatic heterocycles. The predicted molar refractivity (Wildman–Crippen MR) is 53.0 cm³/mol. The fourth-order valence-corrected chi connectivity index (χ4v) is 1.77. The highest BCUT2D eigenvalue weighted by Crippen LogP contribution is 2.27. The summed E-state index contributed by atoms with van der Waals surface area (Å²) in [7, 11) is 0. The molecule has 2 heteroatoms. The van der Waals surface area contributed by atoms with E-state index in [1.165, 1.54) is 0 Å². The minimum atomic E-state index is -0.554. The van der Waals surface area contributed by atoms with E-state index in [0.717, 1.165) is 6.42 Å². The van der Waals surface area contributed by atoms with Crippen molar-refractivity contribution in [3.8, 4) is 0 Å². The molecule has 11 heavy (non-hydrogen) atoms. The second-order valence-corrected chi connectivity index (χ2v) is 4.01. The van der Waals surface area contributed by atoms with Crippen LogP contribution in [0.25, 0.3) is 0 Å². The Morgan fingerprint density at radius 1 is 1.73 bits per heavy atom. The zero-order chi connectivity index (χ0) is 8.91. The molecule has 0 aromatic rings. The minimum absolute atomic E-state index is 0.283. The summed E-state index contributed by atoms with van der Waals surface area (Å²) < 4.78 is 0. The molecular weight excluding hydrogens is 156 g/mol. The fourth-order valence-electron chi connectivity index (χ4n) is 1.07. The summed E-state index contributed by atoms with van der Waals surface area (Å²) in [4.78, 5) is 0. The molecule has 0 aliphatic rings. The van der Waals surface area contributed by atoms with E-state index in [9.17, 15) is 5.11 Å². The Morgan fingerprint density at radius 3 is 2.55 bits per heavy atom. The van der Waals surface area contributed by atoms with Crippen molar-refractivity contribution in [2.24, 2.45) is 0 Å². The van der Waals surface area contributed by atoms with Gasteiger partial charge in [0, 0.05) is 5.25 Å². The van der Waals surface area contributed by atoms with E-state index in [1.54, 1.807) is 17.8 Å². The van der Waals surface area contributed by atoms with Crippen molar-refractivity contribution in [2.75, 3.05) is 6.26 Å². The van der Waals surface area contributed by atoms with Crippen LogP contribution < -0.4 is 0 Å². The highest BCUT2D eigenvalue weighted by atomic mass is 32.2. The summed E-state index contributed by atoms with van der Waals surface area (Å²) in [5.41, 5.74) is -0.554. The maximum absolute atomic E-state index is 10.00. The highest BCUT2D eigenvalue weighted by Gasteiger charge is 2.29. The first-order valence-corrected chi connectivity index (χ1v) is 5.25. The van der Waals surface area contributed by atoms with Crippen LogP contribution in [-0.2, 0) is 0 Å².